The molecule has 2 aromatic rings. The van der Waals surface area contributed by atoms with Crippen molar-refractivity contribution in [2.24, 2.45) is 0 Å². The van der Waals surface area contributed by atoms with Crippen LogP contribution < -0.4 is 10.1 Å². The smallest absolute Gasteiger partial charge is 0.255 e. The first-order valence-electron chi connectivity index (χ1n) is 7.23. The number of carbonyl (C=O) groups excluding carboxylic acids is 1. The molecular formula is C19H18N2O2. The molecule has 1 N–H and O–H groups in total. The average molecular weight is 306 g/mol. The van der Waals surface area contributed by atoms with Gasteiger partial charge in [-0.2, -0.15) is 5.26 Å². The Bertz CT molecular complexity index is 743. The van der Waals surface area contributed by atoms with Crippen molar-refractivity contribution in [3.63, 3.8) is 0 Å². The molecule has 1 amide bonds. The van der Waals surface area contributed by atoms with Gasteiger partial charge in [0.25, 0.3) is 5.91 Å². The molecule has 0 aliphatic rings. The quantitative estimate of drug-likeness (QED) is 0.822. The molecule has 2 rings (SSSR count). The number of nitrogens with one attached hydrogen (secondary N) is 1. The minimum Gasteiger partial charge on any atom is -0.489 e. The number of anilines is 1. The second-order valence-corrected chi connectivity index (χ2v) is 5.26. The third kappa shape index (κ3) is 5.01. The van der Waals surface area contributed by atoms with Gasteiger partial charge < -0.3 is 10.1 Å². The van der Waals surface area contributed by atoms with Gasteiger partial charge in [-0.1, -0.05) is 24.8 Å². The highest BCUT2D eigenvalue weighted by atomic mass is 16.5. The predicted molar refractivity (Wildman–Crippen MR) is 90.5 cm³/mol. The molecule has 0 atom stereocenters. The topological polar surface area (TPSA) is 62.1 Å². The van der Waals surface area contributed by atoms with Crippen molar-refractivity contribution >= 4 is 11.6 Å². The van der Waals surface area contributed by atoms with E-state index in [1.807, 2.05) is 19.1 Å². The van der Waals surface area contributed by atoms with E-state index in [0.717, 1.165) is 11.1 Å². The van der Waals surface area contributed by atoms with E-state index in [0.29, 0.717) is 30.0 Å². The molecule has 2 aromatic carbocycles. The summed E-state index contributed by atoms with van der Waals surface area (Å²) < 4.78 is 5.54. The zero-order chi connectivity index (χ0) is 16.7. The Balaban J connectivity index is 2.04. The minimum atomic E-state index is -0.209. The van der Waals surface area contributed by atoms with Crippen LogP contribution in [0.15, 0.2) is 60.7 Å². The molecule has 0 aliphatic carbocycles. The Hall–Kier alpha value is -3.06. The molecule has 0 radical (unpaired) electrons. The fraction of sp³-hybridized carbons (Fsp3) is 0.158. The van der Waals surface area contributed by atoms with Crippen LogP contribution in [0.1, 0.15) is 22.8 Å². The van der Waals surface area contributed by atoms with Crippen molar-refractivity contribution < 1.29 is 9.53 Å². The highest BCUT2D eigenvalue weighted by Crippen LogP contribution is 2.16. The third-order valence-electron chi connectivity index (χ3n) is 3.08. The number of rotatable bonds is 6. The number of benzene rings is 2. The summed E-state index contributed by atoms with van der Waals surface area (Å²) in [5.74, 6) is 0.420. The number of hydrogen-bond acceptors (Lipinski definition) is 3. The van der Waals surface area contributed by atoms with Crippen LogP contribution in [0.5, 0.6) is 5.75 Å². The summed E-state index contributed by atoms with van der Waals surface area (Å²) in [7, 11) is 0. The lowest BCUT2D eigenvalue weighted by Crippen LogP contribution is -2.12. The van der Waals surface area contributed by atoms with Crippen LogP contribution in [0.3, 0.4) is 0 Å². The number of nitrogens with zero attached hydrogens (tertiary/aromatic N) is 1. The van der Waals surface area contributed by atoms with Gasteiger partial charge in [-0.3, -0.25) is 4.79 Å². The van der Waals surface area contributed by atoms with Crippen LogP contribution in [-0.4, -0.2) is 12.5 Å². The van der Waals surface area contributed by atoms with E-state index in [1.165, 1.54) is 0 Å². The van der Waals surface area contributed by atoms with Crippen molar-refractivity contribution in [2.45, 2.75) is 13.3 Å². The lowest BCUT2D eigenvalue weighted by Gasteiger charge is -2.09. The molecular weight excluding hydrogens is 288 g/mol. The van der Waals surface area contributed by atoms with E-state index < -0.39 is 0 Å². The minimum absolute atomic E-state index is 0.209. The normalized spacial score (nSPS) is 9.74. The summed E-state index contributed by atoms with van der Waals surface area (Å²) in [6.45, 7) is 6.08. The van der Waals surface area contributed by atoms with Crippen LogP contribution in [0.4, 0.5) is 5.69 Å². The van der Waals surface area contributed by atoms with Crippen molar-refractivity contribution in [3.8, 4) is 11.8 Å². The Morgan fingerprint density at radius 1 is 1.26 bits per heavy atom. The van der Waals surface area contributed by atoms with E-state index in [1.54, 1.807) is 36.4 Å². The molecule has 0 aliphatic heterocycles. The molecule has 4 heteroatoms. The monoisotopic (exact) mass is 306 g/mol. The highest BCUT2D eigenvalue weighted by molar-refractivity contribution is 6.04. The van der Waals surface area contributed by atoms with E-state index in [4.69, 9.17) is 10.00 Å². The lowest BCUT2D eigenvalue weighted by molar-refractivity contribution is 0.102. The maximum atomic E-state index is 12.3. The van der Waals surface area contributed by atoms with Gasteiger partial charge >= 0.3 is 0 Å². The first-order chi connectivity index (χ1) is 11.1. The van der Waals surface area contributed by atoms with Crippen molar-refractivity contribution in [1.29, 1.82) is 5.26 Å². The van der Waals surface area contributed by atoms with Gasteiger partial charge in [0.2, 0.25) is 0 Å². The van der Waals surface area contributed by atoms with Crippen LogP contribution in [0, 0.1) is 11.3 Å². The van der Waals surface area contributed by atoms with Crippen molar-refractivity contribution in [2.75, 3.05) is 11.9 Å². The van der Waals surface area contributed by atoms with Gasteiger partial charge in [0.05, 0.1) is 12.5 Å². The summed E-state index contributed by atoms with van der Waals surface area (Å²) in [6.07, 6.45) is 0.357. The molecule has 0 spiro atoms. The standard InChI is InChI=1S/C19H18N2O2/c1-14(2)13-23-18-5-3-4-16(12-18)19(22)21-17-8-6-15(7-9-17)10-11-20/h3-9,12H,1,10,13H2,2H3,(H,21,22). The molecule has 0 heterocycles. The molecule has 23 heavy (non-hydrogen) atoms. The van der Waals surface area contributed by atoms with Gasteiger partial charge in [0.1, 0.15) is 12.4 Å². The van der Waals surface area contributed by atoms with Gasteiger partial charge in [0.15, 0.2) is 0 Å². The maximum Gasteiger partial charge on any atom is 0.255 e. The van der Waals surface area contributed by atoms with Crippen molar-refractivity contribution in [1.82, 2.24) is 0 Å². The second kappa shape index (κ2) is 7.81. The lowest BCUT2D eigenvalue weighted by atomic mass is 10.1. The summed E-state index contributed by atoms with van der Waals surface area (Å²) in [5.41, 5.74) is 3.04. The van der Waals surface area contributed by atoms with E-state index in [9.17, 15) is 4.79 Å². The Kier molecular flexibility index (Phi) is 5.54. The first kappa shape index (κ1) is 16.3. The van der Waals surface area contributed by atoms with Gasteiger partial charge in [0, 0.05) is 11.3 Å². The Labute approximate surface area is 136 Å². The molecule has 0 unspecified atom stereocenters. The highest BCUT2D eigenvalue weighted by Gasteiger charge is 2.07. The molecule has 4 nitrogen and oxygen atoms in total. The van der Waals surface area contributed by atoms with Gasteiger partial charge in [-0.25, -0.2) is 0 Å². The summed E-state index contributed by atoms with van der Waals surface area (Å²) >= 11 is 0. The van der Waals surface area contributed by atoms with Crippen LogP contribution in [-0.2, 0) is 6.42 Å². The fourth-order valence-electron chi connectivity index (χ4n) is 1.93. The largest absolute Gasteiger partial charge is 0.489 e. The molecule has 0 aromatic heterocycles. The number of ether oxygens (including phenoxy) is 1. The molecule has 0 saturated heterocycles. The van der Waals surface area contributed by atoms with Crippen molar-refractivity contribution in [3.05, 3.63) is 71.8 Å². The van der Waals surface area contributed by atoms with E-state index in [-0.39, 0.29) is 5.91 Å². The zero-order valence-electron chi connectivity index (χ0n) is 13.0. The molecule has 0 saturated carbocycles. The number of nitriles is 1. The third-order valence-corrected chi connectivity index (χ3v) is 3.08. The summed E-state index contributed by atoms with van der Waals surface area (Å²) in [4.78, 5) is 12.3. The second-order valence-electron chi connectivity index (χ2n) is 5.26. The van der Waals surface area contributed by atoms with Gasteiger partial charge in [-0.15, -0.1) is 0 Å². The Morgan fingerprint density at radius 2 is 2.00 bits per heavy atom. The SMILES string of the molecule is C=C(C)COc1cccc(C(=O)Nc2ccc(CC#N)cc2)c1. The Morgan fingerprint density at radius 3 is 2.65 bits per heavy atom. The zero-order valence-corrected chi connectivity index (χ0v) is 13.0. The van der Waals surface area contributed by atoms with Gasteiger partial charge in [-0.05, 0) is 48.4 Å². The number of hydrogen-bond donors (Lipinski definition) is 1. The van der Waals surface area contributed by atoms with Crippen LogP contribution in [0.25, 0.3) is 0 Å². The number of carbonyl (C=O) groups is 1. The summed E-state index contributed by atoms with van der Waals surface area (Å²) in [6, 6.07) is 16.3. The van der Waals surface area contributed by atoms with Crippen LogP contribution >= 0.6 is 0 Å². The first-order valence-corrected chi connectivity index (χ1v) is 7.23. The maximum absolute atomic E-state index is 12.3. The van der Waals surface area contributed by atoms with Crippen LogP contribution in [0.2, 0.25) is 0 Å². The van der Waals surface area contributed by atoms with E-state index in [2.05, 4.69) is 18.0 Å². The summed E-state index contributed by atoms with van der Waals surface area (Å²) in [5, 5.41) is 11.5. The van der Waals surface area contributed by atoms with E-state index >= 15 is 0 Å². The molecule has 0 bridgehead atoms. The number of amides is 1. The fourth-order valence-corrected chi connectivity index (χ4v) is 1.93. The predicted octanol–water partition coefficient (Wildman–Crippen LogP) is 3.96. The average Bonchev–Trinajstić information content (AvgIpc) is 2.55. The molecule has 0 fully saturated rings. The molecule has 116 valence electrons.